The fourth-order valence-electron chi connectivity index (χ4n) is 1.83. The van der Waals surface area contributed by atoms with E-state index in [1.165, 1.54) is 17.7 Å². The highest BCUT2D eigenvalue weighted by molar-refractivity contribution is 5.84. The van der Waals surface area contributed by atoms with Gasteiger partial charge in [-0.1, -0.05) is 32.9 Å². The van der Waals surface area contributed by atoms with Crippen LogP contribution in [0.15, 0.2) is 34.7 Å². The average molecular weight is 274 g/mol. The molecule has 106 valence electrons. The van der Waals surface area contributed by atoms with Gasteiger partial charge in [-0.25, -0.2) is 4.79 Å². The summed E-state index contributed by atoms with van der Waals surface area (Å²) in [4.78, 5) is 10.7. The first-order chi connectivity index (χ1) is 9.27. The maximum atomic E-state index is 10.7. The minimum absolute atomic E-state index is 0.0739. The highest BCUT2D eigenvalue weighted by Crippen LogP contribution is 2.31. The molecule has 0 aliphatic carbocycles. The Labute approximate surface area is 118 Å². The fraction of sp³-hybridized carbons (Fsp3) is 0.312. The zero-order valence-corrected chi connectivity index (χ0v) is 12.1. The number of carboxylic acid groups (broad SMARTS) is 1. The topological polar surface area (TPSA) is 59.7 Å². The Morgan fingerprint density at radius 2 is 1.90 bits per heavy atom. The third-order valence-electron chi connectivity index (χ3n) is 3.04. The molecule has 2 aromatic rings. The van der Waals surface area contributed by atoms with Gasteiger partial charge in [0.2, 0.25) is 5.76 Å². The van der Waals surface area contributed by atoms with Gasteiger partial charge < -0.3 is 14.3 Å². The summed E-state index contributed by atoms with van der Waals surface area (Å²) in [6.45, 7) is 8.39. The number of aromatic carboxylic acids is 1. The lowest BCUT2D eigenvalue weighted by Gasteiger charge is -2.20. The van der Waals surface area contributed by atoms with E-state index in [0.717, 1.165) is 5.56 Å². The standard InChI is InChI=1S/C16H18O4/c1-10-9-11(16(2,3)4)5-6-12(10)19-14-8-7-13(20-14)15(17)18/h5-9H,1-4H3,(H,17,18). The van der Waals surface area contributed by atoms with E-state index in [1.54, 1.807) is 0 Å². The van der Waals surface area contributed by atoms with Crippen LogP contribution in [0.25, 0.3) is 0 Å². The van der Waals surface area contributed by atoms with Crippen molar-refractivity contribution in [2.24, 2.45) is 0 Å². The van der Waals surface area contributed by atoms with Gasteiger partial charge in [-0.3, -0.25) is 0 Å². The molecule has 4 nitrogen and oxygen atoms in total. The van der Waals surface area contributed by atoms with E-state index in [-0.39, 0.29) is 17.1 Å². The van der Waals surface area contributed by atoms with Gasteiger partial charge in [0.1, 0.15) is 5.75 Å². The molecule has 0 aliphatic rings. The van der Waals surface area contributed by atoms with Gasteiger partial charge in [-0.05, 0) is 35.6 Å². The van der Waals surface area contributed by atoms with E-state index >= 15 is 0 Å². The predicted molar refractivity (Wildman–Crippen MR) is 75.6 cm³/mol. The summed E-state index contributed by atoms with van der Waals surface area (Å²) in [6, 6.07) is 8.82. The highest BCUT2D eigenvalue weighted by Gasteiger charge is 2.16. The Morgan fingerprint density at radius 1 is 1.20 bits per heavy atom. The van der Waals surface area contributed by atoms with Gasteiger partial charge >= 0.3 is 5.97 Å². The van der Waals surface area contributed by atoms with E-state index in [0.29, 0.717) is 5.75 Å². The molecule has 1 heterocycles. The van der Waals surface area contributed by atoms with Crippen LogP contribution in [0.3, 0.4) is 0 Å². The van der Waals surface area contributed by atoms with E-state index in [1.807, 2.05) is 19.1 Å². The molecule has 20 heavy (non-hydrogen) atoms. The van der Waals surface area contributed by atoms with Crippen molar-refractivity contribution in [2.45, 2.75) is 33.1 Å². The second-order valence-electron chi connectivity index (χ2n) is 5.76. The van der Waals surface area contributed by atoms with Crippen LogP contribution >= 0.6 is 0 Å². The molecule has 0 amide bonds. The van der Waals surface area contributed by atoms with Gasteiger partial charge in [0.05, 0.1) is 0 Å². The molecular weight excluding hydrogens is 256 g/mol. The Kier molecular flexibility index (Phi) is 3.57. The molecule has 1 aromatic carbocycles. The number of rotatable bonds is 3. The van der Waals surface area contributed by atoms with Crippen LogP contribution in [0.4, 0.5) is 0 Å². The van der Waals surface area contributed by atoms with E-state index in [2.05, 4.69) is 26.8 Å². The van der Waals surface area contributed by atoms with Crippen LogP contribution in [0.2, 0.25) is 0 Å². The Hall–Kier alpha value is -2.23. The van der Waals surface area contributed by atoms with Crippen LogP contribution in [0, 0.1) is 6.92 Å². The van der Waals surface area contributed by atoms with Crippen molar-refractivity contribution in [3.05, 3.63) is 47.2 Å². The molecule has 0 aliphatic heterocycles. The molecule has 2 rings (SSSR count). The summed E-state index contributed by atoms with van der Waals surface area (Å²) in [5.41, 5.74) is 2.27. The molecule has 0 unspecified atom stereocenters. The van der Waals surface area contributed by atoms with Crippen LogP contribution < -0.4 is 4.74 Å². The number of carbonyl (C=O) groups is 1. The summed E-state index contributed by atoms with van der Waals surface area (Å²) in [5.74, 6) is -0.415. The van der Waals surface area contributed by atoms with Crippen LogP contribution in [0.5, 0.6) is 11.7 Å². The number of hydrogen-bond donors (Lipinski definition) is 1. The van der Waals surface area contributed by atoms with Crippen LogP contribution in [0.1, 0.15) is 42.5 Å². The zero-order chi connectivity index (χ0) is 14.9. The maximum absolute atomic E-state index is 10.7. The molecule has 0 radical (unpaired) electrons. The zero-order valence-electron chi connectivity index (χ0n) is 12.1. The summed E-state index contributed by atoms with van der Waals surface area (Å²) in [6.07, 6.45) is 0. The van der Waals surface area contributed by atoms with E-state index in [4.69, 9.17) is 14.3 Å². The lowest BCUT2D eigenvalue weighted by Crippen LogP contribution is -2.11. The first kappa shape index (κ1) is 14.2. The molecule has 0 fully saturated rings. The van der Waals surface area contributed by atoms with Gasteiger partial charge in [0.25, 0.3) is 5.95 Å². The van der Waals surface area contributed by atoms with Crippen molar-refractivity contribution in [3.8, 4) is 11.7 Å². The molecule has 0 spiro atoms. The first-order valence-electron chi connectivity index (χ1n) is 6.39. The van der Waals surface area contributed by atoms with E-state index in [9.17, 15) is 4.79 Å². The smallest absolute Gasteiger partial charge is 0.371 e. The molecule has 0 atom stereocenters. The lowest BCUT2D eigenvalue weighted by atomic mass is 9.86. The second-order valence-corrected chi connectivity index (χ2v) is 5.76. The van der Waals surface area contributed by atoms with Crippen molar-refractivity contribution in [3.63, 3.8) is 0 Å². The van der Waals surface area contributed by atoms with Gasteiger partial charge in [0, 0.05) is 6.07 Å². The SMILES string of the molecule is Cc1cc(C(C)(C)C)ccc1Oc1ccc(C(=O)O)o1. The molecule has 1 N–H and O–H groups in total. The van der Waals surface area contributed by atoms with Gasteiger partial charge in [-0.15, -0.1) is 0 Å². The summed E-state index contributed by atoms with van der Waals surface area (Å²) < 4.78 is 10.7. The average Bonchev–Trinajstić information content (AvgIpc) is 2.79. The Balaban J connectivity index is 2.23. The number of ether oxygens (including phenoxy) is 1. The maximum Gasteiger partial charge on any atom is 0.371 e. The predicted octanol–water partition coefficient (Wildman–Crippen LogP) is 4.38. The third kappa shape index (κ3) is 3.02. The number of hydrogen-bond acceptors (Lipinski definition) is 3. The quantitative estimate of drug-likeness (QED) is 0.902. The first-order valence-corrected chi connectivity index (χ1v) is 6.39. The van der Waals surface area contributed by atoms with Crippen molar-refractivity contribution in [1.82, 2.24) is 0 Å². The fourth-order valence-corrected chi connectivity index (χ4v) is 1.83. The number of carboxylic acids is 1. The van der Waals surface area contributed by atoms with E-state index < -0.39 is 5.97 Å². The molecule has 4 heteroatoms. The Bertz CT molecular complexity index is 632. The largest absolute Gasteiger partial charge is 0.475 e. The van der Waals surface area contributed by atoms with Crippen molar-refractivity contribution < 1.29 is 19.1 Å². The highest BCUT2D eigenvalue weighted by atomic mass is 16.6. The normalized spacial score (nSPS) is 11.4. The molecule has 1 aromatic heterocycles. The van der Waals surface area contributed by atoms with Crippen LogP contribution in [-0.4, -0.2) is 11.1 Å². The second kappa shape index (κ2) is 5.04. The van der Waals surface area contributed by atoms with Crippen LogP contribution in [-0.2, 0) is 5.41 Å². The molecule has 0 saturated carbocycles. The Morgan fingerprint density at radius 3 is 2.40 bits per heavy atom. The van der Waals surface area contributed by atoms with Gasteiger partial charge in [-0.2, -0.15) is 0 Å². The van der Waals surface area contributed by atoms with Gasteiger partial charge in [0.15, 0.2) is 0 Å². The summed E-state index contributed by atoms with van der Waals surface area (Å²) >= 11 is 0. The van der Waals surface area contributed by atoms with Crippen molar-refractivity contribution in [1.29, 1.82) is 0 Å². The van der Waals surface area contributed by atoms with Crippen molar-refractivity contribution in [2.75, 3.05) is 0 Å². The molecule has 0 bridgehead atoms. The number of aryl methyl sites for hydroxylation is 1. The lowest BCUT2D eigenvalue weighted by molar-refractivity contribution is 0.0657. The summed E-state index contributed by atoms with van der Waals surface area (Å²) in [5, 5.41) is 8.80. The molecule has 0 saturated heterocycles. The minimum Gasteiger partial charge on any atom is -0.475 e. The molecular formula is C16H18O4. The summed E-state index contributed by atoms with van der Waals surface area (Å²) in [7, 11) is 0. The monoisotopic (exact) mass is 274 g/mol. The number of furan rings is 1. The number of benzene rings is 1. The minimum atomic E-state index is -1.11. The van der Waals surface area contributed by atoms with Crippen molar-refractivity contribution >= 4 is 5.97 Å². The third-order valence-corrected chi connectivity index (χ3v) is 3.04.